The van der Waals surface area contributed by atoms with Crippen LogP contribution in [-0.2, 0) is 4.74 Å². The summed E-state index contributed by atoms with van der Waals surface area (Å²) in [7, 11) is 0. The van der Waals surface area contributed by atoms with Gasteiger partial charge in [-0.05, 0) is 27.2 Å². The Balaban J connectivity index is 2.09. The molecule has 1 aliphatic heterocycles. The molecule has 1 heterocycles. The van der Waals surface area contributed by atoms with Gasteiger partial charge in [0, 0.05) is 39.3 Å². The summed E-state index contributed by atoms with van der Waals surface area (Å²) in [4.78, 5) is 4.71. The first-order valence-corrected chi connectivity index (χ1v) is 6.61. The summed E-state index contributed by atoms with van der Waals surface area (Å²) < 4.78 is 5.53. The van der Waals surface area contributed by atoms with Crippen molar-refractivity contribution < 1.29 is 4.74 Å². The van der Waals surface area contributed by atoms with E-state index in [0.717, 1.165) is 45.8 Å². The van der Waals surface area contributed by atoms with Crippen molar-refractivity contribution in [1.29, 1.82) is 5.26 Å². The van der Waals surface area contributed by atoms with Crippen LogP contribution in [0.3, 0.4) is 0 Å². The van der Waals surface area contributed by atoms with Crippen LogP contribution in [0.1, 0.15) is 27.2 Å². The lowest BCUT2D eigenvalue weighted by Crippen LogP contribution is -2.49. The number of hydrogen-bond donors (Lipinski definition) is 0. The Kier molecular flexibility index (Phi) is 6.49. The second-order valence-electron chi connectivity index (χ2n) is 4.96. The summed E-state index contributed by atoms with van der Waals surface area (Å²) >= 11 is 0. The molecule has 1 aliphatic rings. The van der Waals surface area contributed by atoms with Gasteiger partial charge in [0.15, 0.2) is 0 Å². The van der Waals surface area contributed by atoms with Gasteiger partial charge >= 0.3 is 0 Å². The fourth-order valence-electron chi connectivity index (χ4n) is 2.06. The van der Waals surface area contributed by atoms with Crippen molar-refractivity contribution in [2.24, 2.45) is 0 Å². The highest BCUT2D eigenvalue weighted by Crippen LogP contribution is 2.06. The van der Waals surface area contributed by atoms with Crippen molar-refractivity contribution >= 4 is 0 Å². The summed E-state index contributed by atoms with van der Waals surface area (Å²) in [5, 5.41) is 8.86. The van der Waals surface area contributed by atoms with E-state index in [9.17, 15) is 0 Å². The molecule has 0 spiro atoms. The molecule has 0 bridgehead atoms. The molecule has 0 amide bonds. The molecule has 1 saturated heterocycles. The van der Waals surface area contributed by atoms with E-state index < -0.39 is 0 Å². The highest BCUT2D eigenvalue weighted by Gasteiger charge is 2.20. The van der Waals surface area contributed by atoms with E-state index in [-0.39, 0.29) is 6.04 Å². The monoisotopic (exact) mass is 239 g/mol. The van der Waals surface area contributed by atoms with E-state index in [1.54, 1.807) is 0 Å². The van der Waals surface area contributed by atoms with E-state index in [4.69, 9.17) is 10.00 Å². The minimum absolute atomic E-state index is 0.0569. The third kappa shape index (κ3) is 5.49. The van der Waals surface area contributed by atoms with Crippen molar-refractivity contribution in [3.05, 3.63) is 0 Å². The molecule has 4 nitrogen and oxygen atoms in total. The van der Waals surface area contributed by atoms with Gasteiger partial charge in [0.25, 0.3) is 0 Å². The number of nitrogens with zero attached hydrogens (tertiary/aromatic N) is 3. The minimum atomic E-state index is 0.0569. The first kappa shape index (κ1) is 14.4. The molecule has 1 fully saturated rings. The van der Waals surface area contributed by atoms with E-state index in [1.807, 2.05) is 6.92 Å². The molecule has 0 aromatic carbocycles. The zero-order valence-electron chi connectivity index (χ0n) is 11.4. The maximum Gasteiger partial charge on any atom is 0.0950 e. The second-order valence-corrected chi connectivity index (χ2v) is 4.96. The SMILES string of the molecule is CC(C)OCCCN1CCN(C(C)C#N)CC1. The average molecular weight is 239 g/mol. The zero-order chi connectivity index (χ0) is 12.7. The first-order valence-electron chi connectivity index (χ1n) is 6.61. The van der Waals surface area contributed by atoms with Gasteiger partial charge in [-0.15, -0.1) is 0 Å². The fourth-order valence-corrected chi connectivity index (χ4v) is 2.06. The molecule has 0 aliphatic carbocycles. The largest absolute Gasteiger partial charge is 0.379 e. The molecular weight excluding hydrogens is 214 g/mol. The van der Waals surface area contributed by atoms with Gasteiger partial charge < -0.3 is 9.64 Å². The third-order valence-electron chi connectivity index (χ3n) is 3.21. The smallest absolute Gasteiger partial charge is 0.0950 e. The number of ether oxygens (including phenoxy) is 1. The highest BCUT2D eigenvalue weighted by atomic mass is 16.5. The molecular formula is C13H25N3O. The van der Waals surface area contributed by atoms with E-state index in [0.29, 0.717) is 6.10 Å². The van der Waals surface area contributed by atoms with Crippen molar-refractivity contribution in [2.75, 3.05) is 39.3 Å². The normalized spacial score (nSPS) is 20.4. The Morgan fingerprint density at radius 3 is 2.35 bits per heavy atom. The predicted octanol–water partition coefficient (Wildman–Crippen LogP) is 1.33. The molecule has 1 unspecified atom stereocenters. The van der Waals surface area contributed by atoms with E-state index in [1.165, 1.54) is 0 Å². The lowest BCUT2D eigenvalue weighted by molar-refractivity contribution is 0.0621. The number of nitriles is 1. The Labute approximate surface area is 105 Å². The zero-order valence-corrected chi connectivity index (χ0v) is 11.4. The average Bonchev–Trinajstić information content (AvgIpc) is 2.34. The lowest BCUT2D eigenvalue weighted by atomic mass is 10.2. The third-order valence-corrected chi connectivity index (χ3v) is 3.21. The van der Waals surface area contributed by atoms with Gasteiger partial charge in [-0.3, -0.25) is 4.90 Å². The Hall–Kier alpha value is -0.630. The molecule has 1 rings (SSSR count). The van der Waals surface area contributed by atoms with Gasteiger partial charge in [-0.1, -0.05) is 0 Å². The van der Waals surface area contributed by atoms with E-state index >= 15 is 0 Å². The predicted molar refractivity (Wildman–Crippen MR) is 68.8 cm³/mol. The molecule has 0 aromatic rings. The Morgan fingerprint density at radius 2 is 1.82 bits per heavy atom. The van der Waals surface area contributed by atoms with Crippen LogP contribution in [0.5, 0.6) is 0 Å². The molecule has 0 radical (unpaired) electrons. The molecule has 4 heteroatoms. The molecule has 0 N–H and O–H groups in total. The standard InChI is InChI=1S/C13H25N3O/c1-12(2)17-10-4-5-15-6-8-16(9-7-15)13(3)11-14/h12-13H,4-10H2,1-3H3. The summed E-state index contributed by atoms with van der Waals surface area (Å²) in [6, 6.07) is 2.36. The minimum Gasteiger partial charge on any atom is -0.379 e. The highest BCUT2D eigenvalue weighted by molar-refractivity contribution is 4.90. The van der Waals surface area contributed by atoms with Crippen molar-refractivity contribution in [2.45, 2.75) is 39.3 Å². The fraction of sp³-hybridized carbons (Fsp3) is 0.923. The number of hydrogen-bond acceptors (Lipinski definition) is 4. The molecule has 17 heavy (non-hydrogen) atoms. The summed E-state index contributed by atoms with van der Waals surface area (Å²) in [6.07, 6.45) is 1.44. The maximum atomic E-state index is 8.86. The van der Waals surface area contributed by atoms with Crippen LogP contribution in [0, 0.1) is 11.3 Å². The second kappa shape index (κ2) is 7.65. The van der Waals surface area contributed by atoms with Crippen LogP contribution < -0.4 is 0 Å². The quantitative estimate of drug-likeness (QED) is 0.656. The Morgan fingerprint density at radius 1 is 1.18 bits per heavy atom. The summed E-state index contributed by atoms with van der Waals surface area (Å²) in [5.74, 6) is 0. The lowest BCUT2D eigenvalue weighted by Gasteiger charge is -2.35. The van der Waals surface area contributed by atoms with Crippen LogP contribution in [0.15, 0.2) is 0 Å². The number of rotatable bonds is 6. The van der Waals surface area contributed by atoms with Crippen LogP contribution in [0.25, 0.3) is 0 Å². The van der Waals surface area contributed by atoms with E-state index in [2.05, 4.69) is 29.7 Å². The van der Waals surface area contributed by atoms with Crippen molar-refractivity contribution in [3.8, 4) is 6.07 Å². The Bertz CT molecular complexity index is 242. The van der Waals surface area contributed by atoms with Crippen LogP contribution in [0.2, 0.25) is 0 Å². The van der Waals surface area contributed by atoms with Gasteiger partial charge in [-0.25, -0.2) is 0 Å². The van der Waals surface area contributed by atoms with Crippen molar-refractivity contribution in [3.63, 3.8) is 0 Å². The first-order chi connectivity index (χ1) is 8.13. The van der Waals surface area contributed by atoms with Crippen LogP contribution >= 0.6 is 0 Å². The van der Waals surface area contributed by atoms with Crippen LogP contribution in [0.4, 0.5) is 0 Å². The number of piperazine rings is 1. The van der Waals surface area contributed by atoms with Gasteiger partial charge in [0.2, 0.25) is 0 Å². The maximum absolute atomic E-state index is 8.86. The van der Waals surface area contributed by atoms with Crippen LogP contribution in [-0.4, -0.2) is 61.3 Å². The molecule has 0 saturated carbocycles. The molecule has 0 aromatic heterocycles. The van der Waals surface area contributed by atoms with Gasteiger partial charge in [0.1, 0.15) is 0 Å². The topological polar surface area (TPSA) is 39.5 Å². The summed E-state index contributed by atoms with van der Waals surface area (Å²) in [5.41, 5.74) is 0. The molecule has 1 atom stereocenters. The molecule has 98 valence electrons. The summed E-state index contributed by atoms with van der Waals surface area (Å²) in [6.45, 7) is 12.3. The van der Waals surface area contributed by atoms with Crippen molar-refractivity contribution in [1.82, 2.24) is 9.80 Å². The van der Waals surface area contributed by atoms with Gasteiger partial charge in [0.05, 0.1) is 18.2 Å². The van der Waals surface area contributed by atoms with Gasteiger partial charge in [-0.2, -0.15) is 5.26 Å².